The predicted molar refractivity (Wildman–Crippen MR) is 179 cm³/mol. The predicted octanol–water partition coefficient (Wildman–Crippen LogP) is 3.46. The Balaban J connectivity index is 1.48. The van der Waals surface area contributed by atoms with E-state index in [4.69, 9.17) is 0 Å². The second kappa shape index (κ2) is 13.9. The number of H-pyrrole nitrogens is 1. The number of aliphatic hydroxyl groups excluding tert-OH is 1. The average Bonchev–Trinajstić information content (AvgIpc) is 3.55. The van der Waals surface area contributed by atoms with Crippen LogP contribution in [0.1, 0.15) is 81.5 Å². The number of aromatic amines is 1. The number of aromatic nitrogens is 1. The summed E-state index contributed by atoms with van der Waals surface area (Å²) in [5.41, 5.74) is 6.07. The van der Waals surface area contributed by atoms with E-state index in [1.807, 2.05) is 26.8 Å². The van der Waals surface area contributed by atoms with E-state index in [1.165, 1.54) is 0 Å². The van der Waals surface area contributed by atoms with Crippen LogP contribution in [0.2, 0.25) is 0 Å². The number of amides is 2. The first-order valence-electron chi connectivity index (χ1n) is 15.9. The number of carboxylic acids is 2. The maximum atomic E-state index is 12.7. The molecule has 4 aliphatic rings. The number of thiol groups is 1. The zero-order valence-electron chi connectivity index (χ0n) is 26.6. The third-order valence-electron chi connectivity index (χ3n) is 10.2. The van der Waals surface area contributed by atoms with Gasteiger partial charge in [-0.3, -0.25) is 19.2 Å². The number of thioether (sulfide) groups is 1. The maximum Gasteiger partial charge on any atom is 0.303 e. The topological polar surface area (TPSA) is 181 Å². The Labute approximate surface area is 278 Å². The Kier molecular flexibility index (Phi) is 10.3. The number of aliphatic carboxylic acids is 2. The Morgan fingerprint density at radius 1 is 1.04 bits per heavy atom. The lowest BCUT2D eigenvalue weighted by Gasteiger charge is -2.25. The number of rotatable bonds is 13. The van der Waals surface area contributed by atoms with Gasteiger partial charge in [-0.15, -0.1) is 11.8 Å². The lowest BCUT2D eigenvalue weighted by molar-refractivity contribution is -0.138. The number of aliphatic hydroxyl groups is 1. The smallest absolute Gasteiger partial charge is 0.303 e. The fourth-order valence-electron chi connectivity index (χ4n) is 7.38. The highest BCUT2D eigenvalue weighted by atomic mass is 32.2. The number of hydrogen-bond acceptors (Lipinski definition) is 8. The number of nitrogens with one attached hydrogen (secondary N) is 4. The fraction of sp³-hybridized carbons (Fsp3) is 0.576. The molecular formula is C33H44N4O7S2. The van der Waals surface area contributed by atoms with Crippen molar-refractivity contribution in [3.8, 4) is 0 Å². The highest BCUT2D eigenvalue weighted by molar-refractivity contribution is 8.11. The maximum absolute atomic E-state index is 12.7. The van der Waals surface area contributed by atoms with Crippen LogP contribution in [0.5, 0.6) is 0 Å². The number of carboxylic acid groups (broad SMARTS) is 2. The van der Waals surface area contributed by atoms with Gasteiger partial charge in [0.1, 0.15) is 6.10 Å². The number of carbonyl (C=O) groups is 4. The van der Waals surface area contributed by atoms with Crippen LogP contribution in [-0.4, -0.2) is 73.7 Å². The first-order chi connectivity index (χ1) is 21.8. The molecule has 5 rings (SSSR count). The van der Waals surface area contributed by atoms with Gasteiger partial charge in [0.2, 0.25) is 11.8 Å². The van der Waals surface area contributed by atoms with Crippen LogP contribution in [-0.2, 0) is 25.6 Å². The third kappa shape index (κ3) is 6.91. The summed E-state index contributed by atoms with van der Waals surface area (Å²) < 4.78 is 0. The van der Waals surface area contributed by atoms with E-state index in [1.54, 1.807) is 11.8 Å². The van der Waals surface area contributed by atoms with Crippen LogP contribution in [0.4, 0.5) is 0 Å². The van der Waals surface area contributed by atoms with Crippen molar-refractivity contribution in [2.75, 3.05) is 11.5 Å². The normalized spacial score (nSPS) is 30.5. The first-order valence-corrected chi connectivity index (χ1v) is 17.5. The minimum Gasteiger partial charge on any atom is -0.481 e. The molecule has 3 fully saturated rings. The van der Waals surface area contributed by atoms with Crippen molar-refractivity contribution in [3.63, 3.8) is 0 Å². The summed E-state index contributed by atoms with van der Waals surface area (Å²) in [6.45, 7) is 7.74. The molecule has 0 spiro atoms. The lowest BCUT2D eigenvalue weighted by atomic mass is 9.85. The quantitative estimate of drug-likeness (QED) is 0.0885. The van der Waals surface area contributed by atoms with E-state index in [2.05, 4.69) is 40.5 Å². The summed E-state index contributed by atoms with van der Waals surface area (Å²) in [4.78, 5) is 53.0. The Morgan fingerprint density at radius 2 is 1.72 bits per heavy atom. The monoisotopic (exact) mass is 672 g/mol. The molecule has 0 aliphatic carbocycles. The van der Waals surface area contributed by atoms with E-state index in [0.717, 1.165) is 44.2 Å². The first kappa shape index (κ1) is 34.2. The second-order valence-electron chi connectivity index (χ2n) is 12.9. The molecule has 5 heterocycles. The van der Waals surface area contributed by atoms with E-state index >= 15 is 0 Å². The van der Waals surface area contributed by atoms with Gasteiger partial charge in [-0.1, -0.05) is 13.8 Å². The van der Waals surface area contributed by atoms with Gasteiger partial charge >= 0.3 is 11.9 Å². The van der Waals surface area contributed by atoms with Crippen molar-refractivity contribution in [1.82, 2.24) is 20.9 Å². The summed E-state index contributed by atoms with van der Waals surface area (Å²) >= 11 is 6.06. The molecule has 46 heavy (non-hydrogen) atoms. The molecule has 2 amide bonds. The molecule has 0 radical (unpaired) electrons. The zero-order valence-corrected chi connectivity index (χ0v) is 28.3. The van der Waals surface area contributed by atoms with E-state index in [9.17, 15) is 34.5 Å². The molecule has 0 saturated carbocycles. The Bertz CT molecular complexity index is 1520. The summed E-state index contributed by atoms with van der Waals surface area (Å²) in [6, 6.07) is -0.738. The molecule has 11 nitrogen and oxygen atoms in total. The molecular weight excluding hydrogens is 629 g/mol. The van der Waals surface area contributed by atoms with Gasteiger partial charge in [-0.2, -0.15) is 12.6 Å². The van der Waals surface area contributed by atoms with Crippen molar-refractivity contribution in [2.45, 2.75) is 90.4 Å². The van der Waals surface area contributed by atoms with Crippen molar-refractivity contribution in [1.29, 1.82) is 0 Å². The molecule has 3 saturated heterocycles. The standard InChI is InChI=1S/C33H44N4O7S2/c1-14-18(5-7-26(38)39)23(34-21(14)11-22-17(4)28(25-13-46-25)33(44)36-22)12-24-19(6-8-27(40)41)15(2)29(35-24)31(42)30-20(9-10-45)16(3)32(43)37-30/h12,16-17,20-22,30-31,34-35,42,45H,5-11,13H2,1-4H3,(H,36,44)(H,37,43)(H,38,39)(H,40,41)/b23-12+,28-25+/t16-,17?,20-,21?,22-,30?,31+/m1/s1. The summed E-state index contributed by atoms with van der Waals surface area (Å²) in [7, 11) is 0. The summed E-state index contributed by atoms with van der Waals surface area (Å²) in [5, 5.41) is 40.3. The van der Waals surface area contributed by atoms with Gasteiger partial charge in [0.25, 0.3) is 0 Å². The van der Waals surface area contributed by atoms with E-state index in [-0.39, 0.29) is 60.9 Å². The van der Waals surface area contributed by atoms with Gasteiger partial charge in [0.05, 0.1) is 6.04 Å². The molecule has 1 aromatic heterocycles. The van der Waals surface area contributed by atoms with Crippen molar-refractivity contribution >= 4 is 54.2 Å². The Morgan fingerprint density at radius 3 is 2.35 bits per heavy atom. The molecule has 1 aromatic rings. The summed E-state index contributed by atoms with van der Waals surface area (Å²) in [6.07, 6.45) is 2.44. The largest absolute Gasteiger partial charge is 0.481 e. The molecule has 250 valence electrons. The molecule has 13 heteroatoms. The van der Waals surface area contributed by atoms with Gasteiger partial charge in [-0.05, 0) is 79.6 Å². The van der Waals surface area contributed by atoms with Crippen LogP contribution in [0.3, 0.4) is 0 Å². The van der Waals surface area contributed by atoms with Gasteiger partial charge in [-0.25, -0.2) is 0 Å². The second-order valence-corrected chi connectivity index (χ2v) is 14.5. The number of carbonyl (C=O) groups excluding carboxylic acids is 2. The molecule has 0 aromatic carbocycles. The van der Waals surface area contributed by atoms with Crippen LogP contribution in [0, 0.1) is 24.7 Å². The third-order valence-corrected chi connectivity index (χ3v) is 11.2. The van der Waals surface area contributed by atoms with E-state index in [0.29, 0.717) is 36.4 Å². The van der Waals surface area contributed by atoms with Crippen molar-refractivity contribution < 1.29 is 34.5 Å². The van der Waals surface area contributed by atoms with Crippen LogP contribution >= 0.6 is 24.4 Å². The van der Waals surface area contributed by atoms with Crippen LogP contribution in [0.15, 0.2) is 27.3 Å². The van der Waals surface area contributed by atoms with Crippen molar-refractivity contribution in [2.24, 2.45) is 17.8 Å². The minimum absolute atomic E-state index is 0.0144. The molecule has 0 bridgehead atoms. The fourth-order valence-corrected chi connectivity index (χ4v) is 8.34. The van der Waals surface area contributed by atoms with Crippen LogP contribution < -0.4 is 16.0 Å². The van der Waals surface area contributed by atoms with E-state index < -0.39 is 24.1 Å². The zero-order chi connectivity index (χ0) is 33.4. The van der Waals surface area contributed by atoms with Gasteiger partial charge in [0.15, 0.2) is 0 Å². The Hall–Kier alpha value is -3.16. The average molecular weight is 673 g/mol. The van der Waals surface area contributed by atoms with Gasteiger partial charge in [0, 0.05) is 70.1 Å². The minimum atomic E-state index is -1.05. The summed E-state index contributed by atoms with van der Waals surface area (Å²) in [5.74, 6) is -0.870. The number of allylic oxidation sites excluding steroid dienone is 1. The lowest BCUT2D eigenvalue weighted by Crippen LogP contribution is -2.36. The SMILES string of the molecule is CC1=C(CCC(=O)O)/C(=C\c2[nH]c([C@H](O)C3NC(=O)[C@H](C)[C@H]3CCS)c(C)c2CCC(=O)O)NC1C[C@H]1NC(=O)/C(=C2\CS2)C1C. The molecule has 7 atom stereocenters. The molecule has 3 unspecified atom stereocenters. The van der Waals surface area contributed by atoms with Crippen molar-refractivity contribution in [3.05, 3.63) is 49.8 Å². The molecule has 7 N–H and O–H groups in total. The highest BCUT2D eigenvalue weighted by Gasteiger charge is 2.44. The highest BCUT2D eigenvalue weighted by Crippen LogP contribution is 2.44. The molecule has 4 aliphatic heterocycles. The van der Waals surface area contributed by atoms with Crippen LogP contribution in [0.25, 0.3) is 6.08 Å². The number of hydrogen-bond donors (Lipinski definition) is 8. The van der Waals surface area contributed by atoms with Gasteiger partial charge < -0.3 is 36.3 Å².